The van der Waals surface area contributed by atoms with Crippen molar-refractivity contribution in [2.45, 2.75) is 32.7 Å². The van der Waals surface area contributed by atoms with Gasteiger partial charge in [-0.05, 0) is 36.5 Å². The van der Waals surface area contributed by atoms with Gasteiger partial charge in [0.25, 0.3) is 0 Å². The van der Waals surface area contributed by atoms with Crippen LogP contribution in [0.4, 0.5) is 4.79 Å². The predicted octanol–water partition coefficient (Wildman–Crippen LogP) is 1.44. The first-order valence-corrected chi connectivity index (χ1v) is 7.39. The molecule has 22 heavy (non-hydrogen) atoms. The van der Waals surface area contributed by atoms with Crippen LogP contribution in [-0.4, -0.2) is 31.6 Å². The van der Waals surface area contributed by atoms with Crippen LogP contribution in [0, 0.1) is 5.92 Å². The van der Waals surface area contributed by atoms with Gasteiger partial charge in [0, 0.05) is 6.54 Å². The highest BCUT2D eigenvalue weighted by Crippen LogP contribution is 2.11. The van der Waals surface area contributed by atoms with E-state index in [-0.39, 0.29) is 11.8 Å². The number of ether oxygens (including phenoxy) is 1. The first-order valence-electron chi connectivity index (χ1n) is 7.39. The van der Waals surface area contributed by atoms with Crippen LogP contribution in [0.1, 0.15) is 25.8 Å². The van der Waals surface area contributed by atoms with Crippen LogP contribution in [0.15, 0.2) is 24.3 Å². The van der Waals surface area contributed by atoms with Crippen LogP contribution in [0.25, 0.3) is 0 Å². The number of urea groups is 1. The average molecular weight is 307 g/mol. The highest BCUT2D eigenvalue weighted by Gasteiger charge is 2.20. The monoisotopic (exact) mass is 307 g/mol. The fraction of sp³-hybridized carbons (Fsp3) is 0.500. The zero-order valence-electron chi connectivity index (χ0n) is 13.4. The highest BCUT2D eigenvalue weighted by atomic mass is 16.5. The molecule has 1 aromatic carbocycles. The van der Waals surface area contributed by atoms with Gasteiger partial charge >= 0.3 is 6.03 Å². The molecule has 0 aliphatic rings. The molecular weight excluding hydrogens is 282 g/mol. The Labute approximate surface area is 131 Å². The molecule has 6 nitrogen and oxygen atoms in total. The molecule has 6 heteroatoms. The highest BCUT2D eigenvalue weighted by molar-refractivity contribution is 5.86. The Balaban J connectivity index is 2.45. The third kappa shape index (κ3) is 6.47. The van der Waals surface area contributed by atoms with E-state index in [1.54, 1.807) is 7.11 Å². The summed E-state index contributed by atoms with van der Waals surface area (Å²) >= 11 is 0. The van der Waals surface area contributed by atoms with Gasteiger partial charge in [0.2, 0.25) is 5.91 Å². The number of primary amides is 1. The number of methoxy groups -OCH3 is 1. The van der Waals surface area contributed by atoms with Gasteiger partial charge in [0.15, 0.2) is 0 Å². The summed E-state index contributed by atoms with van der Waals surface area (Å²) in [5.74, 6) is 0.876. The van der Waals surface area contributed by atoms with Crippen molar-refractivity contribution in [3.8, 4) is 5.75 Å². The van der Waals surface area contributed by atoms with Crippen molar-refractivity contribution >= 4 is 11.9 Å². The molecule has 4 N–H and O–H groups in total. The number of carbonyl (C=O) groups excluding carboxylic acids is 2. The Morgan fingerprint density at radius 1 is 1.23 bits per heavy atom. The zero-order valence-corrected chi connectivity index (χ0v) is 13.4. The third-order valence-electron chi connectivity index (χ3n) is 3.21. The molecular formula is C16H25N3O3. The molecule has 0 saturated carbocycles. The summed E-state index contributed by atoms with van der Waals surface area (Å²) in [5, 5.41) is 5.32. The summed E-state index contributed by atoms with van der Waals surface area (Å²) in [6.07, 6.45) is 1.26. The number of carbonyl (C=O) groups is 2. The van der Waals surface area contributed by atoms with Crippen molar-refractivity contribution in [2.75, 3.05) is 13.7 Å². The summed E-state index contributed by atoms with van der Waals surface area (Å²) in [6.45, 7) is 4.47. The molecule has 122 valence electrons. The number of rotatable bonds is 8. The zero-order chi connectivity index (χ0) is 16.5. The standard InChI is InChI=1S/C16H25N3O3/c1-11(2)10-14(19-16(17)21)15(20)18-9-8-12-4-6-13(22-3)7-5-12/h4-7,11,14H,8-10H2,1-3H3,(H,18,20)(H3,17,19,21)/t14-/m0/s1. The average Bonchev–Trinajstić information content (AvgIpc) is 2.46. The Hall–Kier alpha value is -2.24. The SMILES string of the molecule is COc1ccc(CCNC(=O)[C@H](CC(C)C)NC(N)=O)cc1. The molecule has 0 aliphatic carbocycles. The normalized spacial score (nSPS) is 11.8. The van der Waals surface area contributed by atoms with Gasteiger partial charge in [-0.25, -0.2) is 4.79 Å². The first kappa shape index (κ1) is 17.8. The van der Waals surface area contributed by atoms with Crippen molar-refractivity contribution in [1.82, 2.24) is 10.6 Å². The largest absolute Gasteiger partial charge is 0.497 e. The molecule has 1 rings (SSSR count). The number of hydrogen-bond acceptors (Lipinski definition) is 3. The maximum atomic E-state index is 12.1. The molecule has 0 heterocycles. The summed E-state index contributed by atoms with van der Waals surface area (Å²) in [4.78, 5) is 23.1. The van der Waals surface area contributed by atoms with E-state index in [0.717, 1.165) is 11.3 Å². The fourth-order valence-electron chi connectivity index (χ4n) is 2.12. The lowest BCUT2D eigenvalue weighted by atomic mass is 10.0. The topological polar surface area (TPSA) is 93.4 Å². The molecule has 0 saturated heterocycles. The number of nitrogens with one attached hydrogen (secondary N) is 2. The number of hydrogen-bond donors (Lipinski definition) is 3. The van der Waals surface area contributed by atoms with Gasteiger partial charge in [-0.3, -0.25) is 4.79 Å². The first-order chi connectivity index (χ1) is 10.4. The minimum Gasteiger partial charge on any atom is -0.497 e. The van der Waals surface area contributed by atoms with Crippen molar-refractivity contribution in [3.05, 3.63) is 29.8 Å². The molecule has 0 unspecified atom stereocenters. The van der Waals surface area contributed by atoms with Crippen molar-refractivity contribution in [2.24, 2.45) is 11.7 Å². The van der Waals surface area contributed by atoms with Gasteiger partial charge in [0.1, 0.15) is 11.8 Å². The smallest absolute Gasteiger partial charge is 0.312 e. The quantitative estimate of drug-likeness (QED) is 0.678. The second kappa shape index (κ2) is 8.92. The van der Waals surface area contributed by atoms with E-state index in [2.05, 4.69) is 10.6 Å². The van der Waals surface area contributed by atoms with Gasteiger partial charge in [-0.15, -0.1) is 0 Å². The van der Waals surface area contributed by atoms with Crippen LogP contribution in [0.5, 0.6) is 5.75 Å². The van der Waals surface area contributed by atoms with Crippen LogP contribution in [0.2, 0.25) is 0 Å². The van der Waals surface area contributed by atoms with Crippen molar-refractivity contribution in [3.63, 3.8) is 0 Å². The summed E-state index contributed by atoms with van der Waals surface area (Å²) in [7, 11) is 1.62. The molecule has 3 amide bonds. The minimum atomic E-state index is -0.684. The molecule has 1 atom stereocenters. The summed E-state index contributed by atoms with van der Waals surface area (Å²) in [6, 6.07) is 6.40. The fourth-order valence-corrected chi connectivity index (χ4v) is 2.12. The maximum Gasteiger partial charge on any atom is 0.312 e. The number of benzene rings is 1. The minimum absolute atomic E-state index is 0.207. The summed E-state index contributed by atoms with van der Waals surface area (Å²) in [5.41, 5.74) is 6.21. The van der Waals surface area contributed by atoms with E-state index in [9.17, 15) is 9.59 Å². The Kier molecular flexibility index (Phi) is 7.22. The Morgan fingerprint density at radius 3 is 2.36 bits per heavy atom. The molecule has 0 bridgehead atoms. The van der Waals surface area contributed by atoms with E-state index >= 15 is 0 Å². The lowest BCUT2D eigenvalue weighted by molar-refractivity contribution is -0.123. The lowest BCUT2D eigenvalue weighted by Gasteiger charge is -2.19. The number of amides is 3. The molecule has 0 radical (unpaired) electrons. The second-order valence-electron chi connectivity index (χ2n) is 5.58. The predicted molar refractivity (Wildman–Crippen MR) is 85.7 cm³/mol. The van der Waals surface area contributed by atoms with Crippen molar-refractivity contribution in [1.29, 1.82) is 0 Å². The van der Waals surface area contributed by atoms with E-state index < -0.39 is 12.1 Å². The van der Waals surface area contributed by atoms with E-state index in [1.165, 1.54) is 0 Å². The van der Waals surface area contributed by atoms with E-state index in [1.807, 2.05) is 38.1 Å². The molecule has 0 spiro atoms. The molecule has 0 aromatic heterocycles. The number of nitrogens with two attached hydrogens (primary N) is 1. The molecule has 0 aliphatic heterocycles. The Bertz CT molecular complexity index is 486. The van der Waals surface area contributed by atoms with Crippen LogP contribution in [-0.2, 0) is 11.2 Å². The van der Waals surface area contributed by atoms with Crippen LogP contribution in [0.3, 0.4) is 0 Å². The van der Waals surface area contributed by atoms with E-state index in [4.69, 9.17) is 10.5 Å². The summed E-state index contributed by atoms with van der Waals surface area (Å²) < 4.78 is 5.10. The van der Waals surface area contributed by atoms with Crippen LogP contribution < -0.4 is 21.1 Å². The van der Waals surface area contributed by atoms with Gasteiger partial charge < -0.3 is 21.1 Å². The van der Waals surface area contributed by atoms with Crippen LogP contribution >= 0.6 is 0 Å². The molecule has 0 fully saturated rings. The lowest BCUT2D eigenvalue weighted by Crippen LogP contribution is -2.49. The maximum absolute atomic E-state index is 12.1. The van der Waals surface area contributed by atoms with E-state index in [0.29, 0.717) is 19.4 Å². The van der Waals surface area contributed by atoms with Crippen molar-refractivity contribution < 1.29 is 14.3 Å². The van der Waals surface area contributed by atoms with Gasteiger partial charge in [-0.2, -0.15) is 0 Å². The third-order valence-corrected chi connectivity index (χ3v) is 3.21. The van der Waals surface area contributed by atoms with Gasteiger partial charge in [-0.1, -0.05) is 26.0 Å². The second-order valence-corrected chi connectivity index (χ2v) is 5.58. The Morgan fingerprint density at radius 2 is 1.86 bits per heavy atom. The van der Waals surface area contributed by atoms with Gasteiger partial charge in [0.05, 0.1) is 7.11 Å². The molecule has 1 aromatic rings.